The lowest BCUT2D eigenvalue weighted by Crippen LogP contribution is -2.30. The van der Waals surface area contributed by atoms with E-state index in [2.05, 4.69) is 4.98 Å². The topological polar surface area (TPSA) is 53.5 Å². The van der Waals surface area contributed by atoms with Crippen LogP contribution in [0.4, 0.5) is 15.2 Å². The van der Waals surface area contributed by atoms with Gasteiger partial charge < -0.3 is 4.90 Å². The van der Waals surface area contributed by atoms with Gasteiger partial charge in [-0.25, -0.2) is 17.8 Å². The van der Waals surface area contributed by atoms with E-state index in [1.807, 2.05) is 84.7 Å². The zero-order chi connectivity index (χ0) is 26.5. The number of aromatic nitrogens is 1. The SMILES string of the molecule is CN(c1ccc(F)cc1)c1ncc(-c2ccc(S(=O)(=O)N(Cc3ccccc3)Cc3ccccc3)cc2)s1. The number of rotatable bonds is 9. The summed E-state index contributed by atoms with van der Waals surface area (Å²) in [6.45, 7) is 0.543. The second-order valence-corrected chi connectivity index (χ2v) is 11.8. The fourth-order valence-electron chi connectivity index (χ4n) is 4.07. The van der Waals surface area contributed by atoms with Gasteiger partial charge in [0.05, 0.1) is 9.77 Å². The van der Waals surface area contributed by atoms with E-state index in [9.17, 15) is 12.8 Å². The third-order valence-corrected chi connectivity index (χ3v) is 9.10. The average molecular weight is 544 g/mol. The van der Waals surface area contributed by atoms with Crippen LogP contribution in [0, 0.1) is 5.82 Å². The van der Waals surface area contributed by atoms with Gasteiger partial charge in [-0.3, -0.25) is 0 Å². The van der Waals surface area contributed by atoms with E-state index in [-0.39, 0.29) is 23.8 Å². The second kappa shape index (κ2) is 11.3. The molecule has 0 radical (unpaired) electrons. The van der Waals surface area contributed by atoms with E-state index in [0.717, 1.165) is 32.4 Å². The largest absolute Gasteiger partial charge is 0.321 e. The van der Waals surface area contributed by atoms with Gasteiger partial charge in [0.25, 0.3) is 0 Å². The van der Waals surface area contributed by atoms with Crippen LogP contribution in [0.3, 0.4) is 0 Å². The summed E-state index contributed by atoms with van der Waals surface area (Å²) in [7, 11) is -1.89. The van der Waals surface area contributed by atoms with Crippen LogP contribution in [-0.4, -0.2) is 24.8 Å². The second-order valence-electron chi connectivity index (χ2n) is 8.81. The minimum atomic E-state index is -3.76. The maximum Gasteiger partial charge on any atom is 0.243 e. The van der Waals surface area contributed by atoms with Crippen LogP contribution in [0.1, 0.15) is 11.1 Å². The van der Waals surface area contributed by atoms with Crippen molar-refractivity contribution in [2.45, 2.75) is 18.0 Å². The summed E-state index contributed by atoms with van der Waals surface area (Å²) in [5.74, 6) is -0.289. The van der Waals surface area contributed by atoms with Crippen molar-refractivity contribution in [3.63, 3.8) is 0 Å². The Morgan fingerprint density at radius 3 is 1.87 bits per heavy atom. The summed E-state index contributed by atoms with van der Waals surface area (Å²) in [5, 5.41) is 0.750. The van der Waals surface area contributed by atoms with E-state index in [4.69, 9.17) is 0 Å². The molecule has 0 amide bonds. The Morgan fingerprint density at radius 2 is 1.32 bits per heavy atom. The normalized spacial score (nSPS) is 11.6. The molecule has 5 rings (SSSR count). The summed E-state index contributed by atoms with van der Waals surface area (Å²) in [5.41, 5.74) is 3.54. The molecule has 0 spiro atoms. The molecule has 5 nitrogen and oxygen atoms in total. The molecule has 0 saturated heterocycles. The van der Waals surface area contributed by atoms with Crippen LogP contribution < -0.4 is 4.90 Å². The average Bonchev–Trinajstić information content (AvgIpc) is 3.44. The molecular formula is C30H26FN3O2S2. The van der Waals surface area contributed by atoms with E-state index < -0.39 is 10.0 Å². The lowest BCUT2D eigenvalue weighted by molar-refractivity contribution is 0.401. The van der Waals surface area contributed by atoms with Gasteiger partial charge >= 0.3 is 0 Å². The summed E-state index contributed by atoms with van der Waals surface area (Å²) >= 11 is 1.48. The Bertz CT molecular complexity index is 1550. The molecule has 0 saturated carbocycles. The maximum absolute atomic E-state index is 13.7. The number of nitrogens with zero attached hydrogens (tertiary/aromatic N) is 3. The van der Waals surface area contributed by atoms with Gasteiger partial charge in [-0.2, -0.15) is 4.31 Å². The van der Waals surface area contributed by atoms with Crippen molar-refractivity contribution >= 4 is 32.2 Å². The smallest absolute Gasteiger partial charge is 0.243 e. The number of sulfonamides is 1. The Morgan fingerprint density at radius 1 is 0.763 bits per heavy atom. The molecule has 0 aliphatic carbocycles. The Hall–Kier alpha value is -3.85. The van der Waals surface area contributed by atoms with Crippen molar-refractivity contribution in [2.24, 2.45) is 0 Å². The van der Waals surface area contributed by atoms with Crippen molar-refractivity contribution in [1.29, 1.82) is 0 Å². The number of hydrogen-bond acceptors (Lipinski definition) is 5. The molecule has 0 atom stereocenters. The molecule has 1 heterocycles. The Labute approximate surface area is 226 Å². The molecule has 5 aromatic rings. The first-order valence-corrected chi connectivity index (χ1v) is 14.3. The highest BCUT2D eigenvalue weighted by atomic mass is 32.2. The molecule has 192 valence electrons. The molecule has 4 aromatic carbocycles. The van der Waals surface area contributed by atoms with Gasteiger partial charge in [-0.05, 0) is 53.1 Å². The molecule has 8 heteroatoms. The third kappa shape index (κ3) is 5.83. The summed E-state index contributed by atoms with van der Waals surface area (Å²) in [4.78, 5) is 7.54. The van der Waals surface area contributed by atoms with Gasteiger partial charge in [0.15, 0.2) is 5.13 Å². The number of halogens is 1. The first kappa shape index (κ1) is 25.8. The lowest BCUT2D eigenvalue weighted by Gasteiger charge is -2.23. The van der Waals surface area contributed by atoms with Crippen molar-refractivity contribution < 1.29 is 12.8 Å². The van der Waals surface area contributed by atoms with Gasteiger partial charge in [-0.1, -0.05) is 84.1 Å². The third-order valence-electron chi connectivity index (χ3n) is 6.17. The van der Waals surface area contributed by atoms with Crippen LogP contribution in [0.15, 0.2) is 120 Å². The number of hydrogen-bond donors (Lipinski definition) is 0. The van der Waals surface area contributed by atoms with Crippen LogP contribution in [0.25, 0.3) is 10.4 Å². The van der Waals surface area contributed by atoms with Crippen molar-refractivity contribution in [3.05, 3.63) is 132 Å². The minimum absolute atomic E-state index is 0.237. The highest BCUT2D eigenvalue weighted by Crippen LogP contribution is 2.34. The summed E-state index contributed by atoms with van der Waals surface area (Å²) in [6, 6.07) is 32.4. The Kier molecular flexibility index (Phi) is 7.64. The number of thiazole rings is 1. The van der Waals surface area contributed by atoms with Crippen LogP contribution in [-0.2, 0) is 23.1 Å². The zero-order valence-electron chi connectivity index (χ0n) is 20.7. The molecule has 1 aromatic heterocycles. The number of benzene rings is 4. The molecule has 38 heavy (non-hydrogen) atoms. The fourth-order valence-corrected chi connectivity index (χ4v) is 6.39. The maximum atomic E-state index is 13.7. The van der Waals surface area contributed by atoms with Crippen molar-refractivity contribution in [1.82, 2.24) is 9.29 Å². The Balaban J connectivity index is 1.38. The summed E-state index contributed by atoms with van der Waals surface area (Å²) in [6.07, 6.45) is 1.76. The van der Waals surface area contributed by atoms with E-state index in [0.29, 0.717) is 0 Å². The molecule has 0 aliphatic rings. The van der Waals surface area contributed by atoms with E-state index in [1.54, 1.807) is 30.5 Å². The zero-order valence-corrected chi connectivity index (χ0v) is 22.4. The first-order chi connectivity index (χ1) is 18.4. The van der Waals surface area contributed by atoms with Crippen molar-refractivity contribution in [2.75, 3.05) is 11.9 Å². The monoisotopic (exact) mass is 543 g/mol. The molecule has 0 fully saturated rings. The molecule has 0 aliphatic heterocycles. The van der Waals surface area contributed by atoms with Gasteiger partial charge in [0, 0.05) is 32.0 Å². The van der Waals surface area contributed by atoms with Crippen LogP contribution in [0.5, 0.6) is 0 Å². The van der Waals surface area contributed by atoms with Gasteiger partial charge in [0.2, 0.25) is 10.0 Å². The van der Waals surface area contributed by atoms with Crippen LogP contribution in [0.2, 0.25) is 0 Å². The minimum Gasteiger partial charge on any atom is -0.321 e. The predicted octanol–water partition coefficient (Wildman–Crippen LogP) is 7.11. The van der Waals surface area contributed by atoms with E-state index in [1.165, 1.54) is 27.8 Å². The highest BCUT2D eigenvalue weighted by Gasteiger charge is 2.25. The summed E-state index contributed by atoms with van der Waals surface area (Å²) < 4.78 is 42.3. The standard InChI is InChI=1S/C30H26FN3O2S2/c1-33(27-16-14-26(31)15-17-27)30-32-20-29(37-30)25-12-18-28(19-13-25)38(35,36)34(21-23-8-4-2-5-9-23)22-24-10-6-3-7-11-24/h2-20H,21-22H2,1H3. The number of anilines is 2. The lowest BCUT2D eigenvalue weighted by atomic mass is 10.2. The van der Waals surface area contributed by atoms with E-state index >= 15 is 0 Å². The quantitative estimate of drug-likeness (QED) is 0.199. The predicted molar refractivity (Wildman–Crippen MR) is 151 cm³/mol. The van der Waals surface area contributed by atoms with Gasteiger partial charge in [-0.15, -0.1) is 0 Å². The highest BCUT2D eigenvalue weighted by molar-refractivity contribution is 7.89. The molecule has 0 N–H and O–H groups in total. The molecule has 0 bridgehead atoms. The molecular weight excluding hydrogens is 517 g/mol. The first-order valence-electron chi connectivity index (χ1n) is 12.0. The van der Waals surface area contributed by atoms with Crippen molar-refractivity contribution in [3.8, 4) is 10.4 Å². The molecule has 0 unspecified atom stereocenters. The fraction of sp³-hybridized carbons (Fsp3) is 0.100. The van der Waals surface area contributed by atoms with Gasteiger partial charge in [0.1, 0.15) is 5.82 Å². The van der Waals surface area contributed by atoms with Crippen LogP contribution >= 0.6 is 11.3 Å².